The highest BCUT2D eigenvalue weighted by Crippen LogP contribution is 2.40. The number of halogens is 2. The Bertz CT molecular complexity index is 433. The van der Waals surface area contributed by atoms with Crippen molar-refractivity contribution in [2.24, 2.45) is 5.92 Å². The molecule has 0 aliphatic carbocycles. The Morgan fingerprint density at radius 1 is 1.61 bits per heavy atom. The van der Waals surface area contributed by atoms with Gasteiger partial charge in [0.05, 0.1) is 11.6 Å². The zero-order chi connectivity index (χ0) is 13.1. The lowest BCUT2D eigenvalue weighted by Gasteiger charge is -2.23. The minimum absolute atomic E-state index is 0.0880. The third-order valence-corrected chi connectivity index (χ3v) is 3.94. The number of ether oxygens (including phenoxy) is 1. The van der Waals surface area contributed by atoms with Gasteiger partial charge in [-0.15, -0.1) is 0 Å². The minimum atomic E-state index is -0.384. The van der Waals surface area contributed by atoms with E-state index < -0.39 is 0 Å². The summed E-state index contributed by atoms with van der Waals surface area (Å²) in [6.07, 6.45) is 2.69. The minimum Gasteiger partial charge on any atom is -0.504 e. The molecule has 1 aromatic rings. The molecule has 0 amide bonds. The van der Waals surface area contributed by atoms with Crippen molar-refractivity contribution in [3.63, 3.8) is 0 Å². The standard InChI is InChI=1S/C13H17BrFNO2/c1-18-13-10(14)6-11(15)9(12(13)17)5-8-3-2-4-16-7-8/h6,8,16-17H,2-5,7H2,1H3. The molecule has 1 unspecified atom stereocenters. The molecule has 1 atom stereocenters. The molecule has 18 heavy (non-hydrogen) atoms. The van der Waals surface area contributed by atoms with Gasteiger partial charge in [-0.2, -0.15) is 0 Å². The van der Waals surface area contributed by atoms with Gasteiger partial charge < -0.3 is 15.2 Å². The largest absolute Gasteiger partial charge is 0.504 e. The molecule has 2 N–H and O–H groups in total. The van der Waals surface area contributed by atoms with Gasteiger partial charge in [-0.25, -0.2) is 4.39 Å². The topological polar surface area (TPSA) is 41.5 Å². The van der Waals surface area contributed by atoms with E-state index in [2.05, 4.69) is 21.2 Å². The van der Waals surface area contributed by atoms with Gasteiger partial charge in [-0.1, -0.05) is 0 Å². The number of aromatic hydroxyl groups is 1. The SMILES string of the molecule is COc1c(Br)cc(F)c(CC2CCCNC2)c1O. The zero-order valence-corrected chi connectivity index (χ0v) is 11.9. The van der Waals surface area contributed by atoms with Crippen LogP contribution in [0.3, 0.4) is 0 Å². The Hall–Kier alpha value is -0.810. The predicted octanol–water partition coefficient (Wildman–Crippen LogP) is 2.84. The van der Waals surface area contributed by atoms with Gasteiger partial charge in [0.1, 0.15) is 5.82 Å². The van der Waals surface area contributed by atoms with Crippen LogP contribution in [0.1, 0.15) is 18.4 Å². The fourth-order valence-electron chi connectivity index (χ4n) is 2.40. The van der Waals surface area contributed by atoms with E-state index >= 15 is 0 Å². The van der Waals surface area contributed by atoms with Crippen LogP contribution in [-0.2, 0) is 6.42 Å². The highest BCUT2D eigenvalue weighted by Gasteiger charge is 2.22. The summed E-state index contributed by atoms with van der Waals surface area (Å²) < 4.78 is 19.4. The molecule has 0 radical (unpaired) electrons. The average Bonchev–Trinajstić information content (AvgIpc) is 2.36. The Morgan fingerprint density at radius 3 is 3.00 bits per heavy atom. The first-order valence-corrected chi connectivity index (χ1v) is 6.87. The smallest absolute Gasteiger partial charge is 0.175 e. The van der Waals surface area contributed by atoms with Crippen molar-refractivity contribution in [1.29, 1.82) is 0 Å². The van der Waals surface area contributed by atoms with Crippen molar-refractivity contribution in [2.75, 3.05) is 20.2 Å². The quantitative estimate of drug-likeness (QED) is 0.900. The van der Waals surface area contributed by atoms with Gasteiger partial charge in [-0.05, 0) is 60.3 Å². The van der Waals surface area contributed by atoms with Crippen LogP contribution in [0.4, 0.5) is 4.39 Å². The Morgan fingerprint density at radius 2 is 2.39 bits per heavy atom. The zero-order valence-electron chi connectivity index (χ0n) is 10.3. The second kappa shape index (κ2) is 5.89. The summed E-state index contributed by atoms with van der Waals surface area (Å²) in [7, 11) is 1.46. The summed E-state index contributed by atoms with van der Waals surface area (Å²) in [4.78, 5) is 0. The maximum Gasteiger partial charge on any atom is 0.175 e. The van der Waals surface area contributed by atoms with Gasteiger partial charge in [0, 0.05) is 5.56 Å². The van der Waals surface area contributed by atoms with Gasteiger partial charge in [0.2, 0.25) is 0 Å². The number of hydrogen-bond donors (Lipinski definition) is 2. The van der Waals surface area contributed by atoms with E-state index in [1.165, 1.54) is 13.2 Å². The second-order valence-corrected chi connectivity index (χ2v) is 5.47. The fourth-order valence-corrected chi connectivity index (χ4v) is 2.95. The van der Waals surface area contributed by atoms with Crippen LogP contribution in [0.5, 0.6) is 11.5 Å². The normalized spacial score (nSPS) is 19.8. The Kier molecular flexibility index (Phi) is 4.45. The maximum absolute atomic E-state index is 13.9. The molecule has 1 fully saturated rings. The lowest BCUT2D eigenvalue weighted by Crippen LogP contribution is -2.31. The third kappa shape index (κ3) is 2.78. The van der Waals surface area contributed by atoms with Crippen molar-refractivity contribution in [1.82, 2.24) is 5.32 Å². The number of hydrogen-bond acceptors (Lipinski definition) is 3. The van der Waals surface area contributed by atoms with Crippen LogP contribution in [0.15, 0.2) is 10.5 Å². The third-order valence-electron chi connectivity index (χ3n) is 3.36. The second-order valence-electron chi connectivity index (χ2n) is 4.62. The van der Waals surface area contributed by atoms with Crippen LogP contribution < -0.4 is 10.1 Å². The first-order valence-electron chi connectivity index (χ1n) is 6.08. The Balaban J connectivity index is 2.26. The van der Waals surface area contributed by atoms with Gasteiger partial charge >= 0.3 is 0 Å². The number of nitrogens with one attached hydrogen (secondary N) is 1. The van der Waals surface area contributed by atoms with Gasteiger partial charge in [0.25, 0.3) is 0 Å². The number of methoxy groups -OCH3 is 1. The molecule has 1 saturated heterocycles. The van der Waals surface area contributed by atoms with E-state index in [1.54, 1.807) is 0 Å². The molecule has 0 saturated carbocycles. The molecular formula is C13H17BrFNO2. The van der Waals surface area contributed by atoms with Gasteiger partial charge in [-0.3, -0.25) is 0 Å². The molecule has 100 valence electrons. The maximum atomic E-state index is 13.9. The van der Waals surface area contributed by atoms with E-state index in [4.69, 9.17) is 4.74 Å². The van der Waals surface area contributed by atoms with Crippen LogP contribution in [0, 0.1) is 11.7 Å². The molecule has 1 aliphatic heterocycles. The van der Waals surface area contributed by atoms with Crippen molar-refractivity contribution in [3.8, 4) is 11.5 Å². The summed E-state index contributed by atoms with van der Waals surface area (Å²) in [5.74, 6) is 0.195. The van der Waals surface area contributed by atoms with Crippen molar-refractivity contribution < 1.29 is 14.2 Å². The molecule has 1 aliphatic rings. The molecule has 0 aromatic heterocycles. The highest BCUT2D eigenvalue weighted by molar-refractivity contribution is 9.10. The summed E-state index contributed by atoms with van der Waals surface area (Å²) in [6, 6.07) is 1.35. The highest BCUT2D eigenvalue weighted by atomic mass is 79.9. The molecule has 0 bridgehead atoms. The molecule has 1 heterocycles. The number of rotatable bonds is 3. The Labute approximate surface area is 114 Å². The number of phenolic OH excluding ortho intramolecular Hbond substituents is 1. The van der Waals surface area contributed by atoms with Crippen LogP contribution >= 0.6 is 15.9 Å². The van der Waals surface area contributed by atoms with E-state index in [-0.39, 0.29) is 11.6 Å². The van der Waals surface area contributed by atoms with E-state index in [9.17, 15) is 9.50 Å². The van der Waals surface area contributed by atoms with E-state index in [0.717, 1.165) is 25.9 Å². The summed E-state index contributed by atoms with van der Waals surface area (Å²) in [6.45, 7) is 1.89. The lowest BCUT2D eigenvalue weighted by molar-refractivity contribution is 0.346. The van der Waals surface area contributed by atoms with Gasteiger partial charge in [0.15, 0.2) is 11.5 Å². The number of benzene rings is 1. The van der Waals surface area contributed by atoms with Crippen molar-refractivity contribution in [2.45, 2.75) is 19.3 Å². The van der Waals surface area contributed by atoms with Crippen LogP contribution in [0.25, 0.3) is 0 Å². The first-order chi connectivity index (χ1) is 8.63. The van der Waals surface area contributed by atoms with Crippen molar-refractivity contribution >= 4 is 15.9 Å². The van der Waals surface area contributed by atoms with E-state index in [0.29, 0.717) is 28.1 Å². The fraction of sp³-hybridized carbons (Fsp3) is 0.538. The average molecular weight is 318 g/mol. The molecule has 1 aromatic carbocycles. The van der Waals surface area contributed by atoms with Crippen molar-refractivity contribution in [3.05, 3.63) is 21.9 Å². The summed E-state index contributed by atoms with van der Waals surface area (Å²) in [5, 5.41) is 13.4. The molecular weight excluding hydrogens is 301 g/mol. The van der Waals surface area contributed by atoms with E-state index in [1.807, 2.05) is 0 Å². The summed E-state index contributed by atoms with van der Waals surface area (Å²) >= 11 is 3.18. The first kappa shape index (κ1) is 13.6. The molecule has 5 heteroatoms. The lowest BCUT2D eigenvalue weighted by atomic mass is 9.91. The van der Waals surface area contributed by atoms with Crippen LogP contribution in [-0.4, -0.2) is 25.3 Å². The monoisotopic (exact) mass is 317 g/mol. The predicted molar refractivity (Wildman–Crippen MR) is 71.6 cm³/mol. The number of piperidine rings is 1. The molecule has 2 rings (SSSR count). The number of phenols is 1. The molecule has 0 spiro atoms. The molecule has 3 nitrogen and oxygen atoms in total. The van der Waals surface area contributed by atoms with Crippen LogP contribution in [0.2, 0.25) is 0 Å². The summed E-state index contributed by atoms with van der Waals surface area (Å²) in [5.41, 5.74) is 0.351.